The summed E-state index contributed by atoms with van der Waals surface area (Å²) in [6, 6.07) is 6.48. The molecule has 106 valence electrons. The molecule has 0 bridgehead atoms. The van der Waals surface area contributed by atoms with Crippen LogP contribution in [0.15, 0.2) is 36.7 Å². The molecule has 1 atom stereocenters. The summed E-state index contributed by atoms with van der Waals surface area (Å²) >= 11 is 0. The van der Waals surface area contributed by atoms with Crippen molar-refractivity contribution in [3.63, 3.8) is 0 Å². The summed E-state index contributed by atoms with van der Waals surface area (Å²) in [7, 11) is 0. The smallest absolute Gasteiger partial charge is 0.273 e. The van der Waals surface area contributed by atoms with E-state index in [1.165, 1.54) is 6.07 Å². The number of aliphatic hydroxyl groups excluding tert-OH is 2. The van der Waals surface area contributed by atoms with Crippen molar-refractivity contribution in [3.05, 3.63) is 58.2 Å². The number of benzene rings is 1. The highest BCUT2D eigenvalue weighted by molar-refractivity contribution is 5.41. The van der Waals surface area contributed by atoms with Crippen LogP contribution in [0.1, 0.15) is 11.4 Å². The Labute approximate surface area is 115 Å². The molecule has 7 nitrogen and oxygen atoms in total. The lowest BCUT2D eigenvalue weighted by atomic mass is 10.1. The maximum atomic E-state index is 11.0. The van der Waals surface area contributed by atoms with Crippen molar-refractivity contribution in [2.24, 2.45) is 0 Å². The standard InChI is InChI=1S/C13H15N3O4/c17-9-11(18)8-15-6-5-14-13(15)7-10-3-1-2-4-12(10)16(19)20/h1-6,11,17-18H,7-9H2. The molecule has 0 aliphatic carbocycles. The van der Waals surface area contributed by atoms with Gasteiger partial charge >= 0.3 is 0 Å². The number of imidazole rings is 1. The van der Waals surface area contributed by atoms with Crippen LogP contribution >= 0.6 is 0 Å². The molecule has 7 heteroatoms. The zero-order chi connectivity index (χ0) is 14.5. The van der Waals surface area contributed by atoms with Crippen molar-refractivity contribution in [1.29, 1.82) is 0 Å². The Kier molecular flexibility index (Phi) is 4.44. The first-order valence-corrected chi connectivity index (χ1v) is 6.13. The molecule has 0 radical (unpaired) electrons. The van der Waals surface area contributed by atoms with Gasteiger partial charge in [0.15, 0.2) is 0 Å². The maximum absolute atomic E-state index is 11.0. The zero-order valence-corrected chi connectivity index (χ0v) is 10.7. The minimum Gasteiger partial charge on any atom is -0.394 e. The number of hydrogen-bond acceptors (Lipinski definition) is 5. The fourth-order valence-electron chi connectivity index (χ4n) is 1.97. The predicted octanol–water partition coefficient (Wildman–Crippen LogP) is 0.735. The molecule has 2 rings (SSSR count). The Morgan fingerprint density at radius 3 is 2.85 bits per heavy atom. The van der Waals surface area contributed by atoms with E-state index in [1.54, 1.807) is 35.2 Å². The van der Waals surface area contributed by atoms with E-state index < -0.39 is 11.0 Å². The topological polar surface area (TPSA) is 101 Å². The van der Waals surface area contributed by atoms with E-state index in [-0.39, 0.29) is 18.8 Å². The van der Waals surface area contributed by atoms with Crippen LogP contribution in [0.3, 0.4) is 0 Å². The monoisotopic (exact) mass is 277 g/mol. The second-order valence-electron chi connectivity index (χ2n) is 4.39. The first-order chi connectivity index (χ1) is 9.61. The summed E-state index contributed by atoms with van der Waals surface area (Å²) in [6.07, 6.45) is 2.65. The van der Waals surface area contributed by atoms with Gasteiger partial charge in [0, 0.05) is 30.4 Å². The van der Waals surface area contributed by atoms with Crippen molar-refractivity contribution >= 4 is 5.69 Å². The van der Waals surface area contributed by atoms with E-state index in [9.17, 15) is 15.2 Å². The minimum absolute atomic E-state index is 0.0461. The highest BCUT2D eigenvalue weighted by Crippen LogP contribution is 2.20. The summed E-state index contributed by atoms with van der Waals surface area (Å²) in [5.74, 6) is 0.604. The van der Waals surface area contributed by atoms with Crippen molar-refractivity contribution in [3.8, 4) is 0 Å². The van der Waals surface area contributed by atoms with Gasteiger partial charge in [-0.25, -0.2) is 4.98 Å². The van der Waals surface area contributed by atoms with Gasteiger partial charge in [-0.2, -0.15) is 0 Å². The van der Waals surface area contributed by atoms with E-state index in [0.29, 0.717) is 17.8 Å². The number of nitro benzene ring substituents is 1. The Morgan fingerprint density at radius 1 is 1.40 bits per heavy atom. The van der Waals surface area contributed by atoms with Crippen molar-refractivity contribution in [2.75, 3.05) is 6.61 Å². The van der Waals surface area contributed by atoms with Crippen molar-refractivity contribution in [2.45, 2.75) is 19.1 Å². The first-order valence-electron chi connectivity index (χ1n) is 6.13. The van der Waals surface area contributed by atoms with Crippen LogP contribution in [-0.2, 0) is 13.0 Å². The van der Waals surface area contributed by atoms with Crippen molar-refractivity contribution in [1.82, 2.24) is 9.55 Å². The first kappa shape index (κ1) is 14.2. The summed E-state index contributed by atoms with van der Waals surface area (Å²) < 4.78 is 1.68. The number of para-hydroxylation sites is 1. The molecule has 0 saturated carbocycles. The molecule has 0 saturated heterocycles. The fourth-order valence-corrected chi connectivity index (χ4v) is 1.97. The number of rotatable bonds is 6. The van der Waals surface area contributed by atoms with Crippen LogP contribution in [0, 0.1) is 10.1 Å². The number of nitro groups is 1. The molecule has 1 unspecified atom stereocenters. The molecule has 1 aromatic heterocycles. The van der Waals surface area contributed by atoms with E-state index >= 15 is 0 Å². The van der Waals surface area contributed by atoms with Crippen LogP contribution in [0.2, 0.25) is 0 Å². The molecule has 0 spiro atoms. The quantitative estimate of drug-likeness (QED) is 0.599. The van der Waals surface area contributed by atoms with Gasteiger partial charge in [-0.15, -0.1) is 0 Å². The Morgan fingerprint density at radius 2 is 2.15 bits per heavy atom. The van der Waals surface area contributed by atoms with E-state index in [1.807, 2.05) is 0 Å². The third kappa shape index (κ3) is 3.19. The van der Waals surface area contributed by atoms with Gasteiger partial charge < -0.3 is 14.8 Å². The molecule has 1 aromatic carbocycles. The largest absolute Gasteiger partial charge is 0.394 e. The average Bonchev–Trinajstić information content (AvgIpc) is 2.86. The molecule has 20 heavy (non-hydrogen) atoms. The number of hydrogen-bond donors (Lipinski definition) is 2. The van der Waals surface area contributed by atoms with E-state index in [0.717, 1.165) is 0 Å². The molecule has 0 aliphatic rings. The second-order valence-corrected chi connectivity index (χ2v) is 4.39. The lowest BCUT2D eigenvalue weighted by molar-refractivity contribution is -0.385. The van der Waals surface area contributed by atoms with E-state index in [2.05, 4.69) is 4.98 Å². The average molecular weight is 277 g/mol. The number of aromatic nitrogens is 2. The highest BCUT2D eigenvalue weighted by atomic mass is 16.6. The molecule has 2 aromatic rings. The summed E-state index contributed by atoms with van der Waals surface area (Å²) in [4.78, 5) is 14.7. The van der Waals surface area contributed by atoms with Crippen molar-refractivity contribution < 1.29 is 15.1 Å². The Hall–Kier alpha value is -2.25. The molecule has 0 fully saturated rings. The molecular formula is C13H15N3O4. The van der Waals surface area contributed by atoms with Crippen LogP contribution in [0.5, 0.6) is 0 Å². The maximum Gasteiger partial charge on any atom is 0.273 e. The normalized spacial score (nSPS) is 12.3. The van der Waals surface area contributed by atoms with Gasteiger partial charge in [-0.05, 0) is 0 Å². The number of aliphatic hydroxyl groups is 2. The third-order valence-electron chi connectivity index (χ3n) is 2.96. The van der Waals surface area contributed by atoms with Gasteiger partial charge in [0.25, 0.3) is 5.69 Å². The fraction of sp³-hybridized carbons (Fsp3) is 0.308. The van der Waals surface area contributed by atoms with Gasteiger partial charge in [-0.1, -0.05) is 18.2 Å². The van der Waals surface area contributed by atoms with Gasteiger partial charge in [-0.3, -0.25) is 10.1 Å². The van der Waals surface area contributed by atoms with E-state index in [4.69, 9.17) is 5.11 Å². The van der Waals surface area contributed by atoms with Gasteiger partial charge in [0.1, 0.15) is 5.82 Å². The van der Waals surface area contributed by atoms with Crippen LogP contribution in [0.4, 0.5) is 5.69 Å². The lowest BCUT2D eigenvalue weighted by Gasteiger charge is -2.11. The zero-order valence-electron chi connectivity index (χ0n) is 10.7. The van der Waals surface area contributed by atoms with Crippen LogP contribution in [-0.4, -0.2) is 37.4 Å². The highest BCUT2D eigenvalue weighted by Gasteiger charge is 2.15. The van der Waals surface area contributed by atoms with Crippen LogP contribution in [0.25, 0.3) is 0 Å². The summed E-state index contributed by atoms with van der Waals surface area (Å²) in [5.41, 5.74) is 0.605. The van der Waals surface area contributed by atoms with Gasteiger partial charge in [0.05, 0.1) is 24.2 Å². The van der Waals surface area contributed by atoms with Crippen LogP contribution < -0.4 is 0 Å². The third-order valence-corrected chi connectivity index (χ3v) is 2.96. The minimum atomic E-state index is -0.881. The lowest BCUT2D eigenvalue weighted by Crippen LogP contribution is -2.21. The predicted molar refractivity (Wildman–Crippen MR) is 71.2 cm³/mol. The molecule has 0 aliphatic heterocycles. The summed E-state index contributed by atoms with van der Waals surface area (Å²) in [5, 5.41) is 29.3. The summed E-state index contributed by atoms with van der Waals surface area (Å²) in [6.45, 7) is -0.143. The second kappa shape index (κ2) is 6.27. The Balaban J connectivity index is 2.23. The van der Waals surface area contributed by atoms with Gasteiger partial charge in [0.2, 0.25) is 0 Å². The molecular weight excluding hydrogens is 262 g/mol. The Bertz CT molecular complexity index is 597. The molecule has 1 heterocycles. The molecule has 0 amide bonds. The number of nitrogens with zero attached hydrogens (tertiary/aromatic N) is 3. The molecule has 2 N–H and O–H groups in total. The SMILES string of the molecule is O=[N+]([O-])c1ccccc1Cc1nccn1CC(O)CO.